The molecule has 7 nitrogen and oxygen atoms in total. The smallest absolute Gasteiger partial charge is 0.164 e. The summed E-state index contributed by atoms with van der Waals surface area (Å²) in [7, 11) is 0. The first-order valence-electron chi connectivity index (χ1n) is 9.98. The van der Waals surface area contributed by atoms with E-state index in [2.05, 4.69) is 15.3 Å². The van der Waals surface area contributed by atoms with E-state index >= 15 is 0 Å². The van der Waals surface area contributed by atoms with Gasteiger partial charge in [0, 0.05) is 22.5 Å². The minimum absolute atomic E-state index is 0.494. The number of hydrogen-bond donors (Lipinski definition) is 3. The number of hydrogen-bond acceptors (Lipinski definition) is 6. The summed E-state index contributed by atoms with van der Waals surface area (Å²) in [4.78, 5) is 8.97. The number of aromatic nitrogens is 3. The monoisotopic (exact) mass is 436 g/mol. The molecular weight excluding hydrogens is 416 g/mol. The van der Waals surface area contributed by atoms with Crippen LogP contribution in [0.4, 0.5) is 11.5 Å². The second-order valence-electron chi connectivity index (χ2n) is 7.58. The van der Waals surface area contributed by atoms with Crippen molar-refractivity contribution in [3.05, 3.63) is 72.1 Å². The lowest BCUT2D eigenvalue weighted by Gasteiger charge is -2.17. The van der Waals surface area contributed by atoms with Crippen LogP contribution in [0.25, 0.3) is 22.2 Å². The molecule has 4 atom stereocenters. The van der Waals surface area contributed by atoms with Crippen LogP contribution in [0, 0.1) is 0 Å². The van der Waals surface area contributed by atoms with E-state index in [0.717, 1.165) is 22.2 Å². The van der Waals surface area contributed by atoms with Crippen LogP contribution in [0.15, 0.2) is 67.1 Å². The van der Waals surface area contributed by atoms with Crippen molar-refractivity contribution in [1.29, 1.82) is 0 Å². The minimum Gasteiger partial charge on any atom is -0.388 e. The average Bonchev–Trinajstić information content (AvgIpc) is 3.30. The Morgan fingerprint density at radius 3 is 2.42 bits per heavy atom. The number of benzene rings is 2. The quantitative estimate of drug-likeness (QED) is 0.445. The van der Waals surface area contributed by atoms with Gasteiger partial charge >= 0.3 is 0 Å². The summed E-state index contributed by atoms with van der Waals surface area (Å²) < 4.78 is 7.64. The zero-order valence-electron chi connectivity index (χ0n) is 16.7. The predicted molar refractivity (Wildman–Crippen MR) is 119 cm³/mol. The van der Waals surface area contributed by atoms with Crippen molar-refractivity contribution in [3.8, 4) is 11.1 Å². The van der Waals surface area contributed by atoms with Gasteiger partial charge in [0.05, 0.1) is 11.5 Å². The number of anilines is 2. The Labute approximate surface area is 183 Å². The van der Waals surface area contributed by atoms with Crippen LogP contribution in [-0.4, -0.2) is 43.1 Å². The highest BCUT2D eigenvalue weighted by Crippen LogP contribution is 2.39. The van der Waals surface area contributed by atoms with Crippen LogP contribution in [-0.2, 0) is 4.74 Å². The molecule has 1 aliphatic heterocycles. The lowest BCUT2D eigenvalue weighted by atomic mass is 10.1. The third-order valence-electron chi connectivity index (χ3n) is 5.55. The molecule has 2 aromatic carbocycles. The maximum absolute atomic E-state index is 10.6. The van der Waals surface area contributed by atoms with Gasteiger partial charge in [-0.2, -0.15) is 0 Å². The molecule has 0 saturated carbocycles. The fraction of sp³-hybridized carbons (Fsp3) is 0.217. The molecule has 1 aliphatic rings. The molecule has 1 saturated heterocycles. The number of aliphatic hydroxyl groups is 2. The Morgan fingerprint density at radius 1 is 1.00 bits per heavy atom. The Balaban J connectivity index is 1.69. The van der Waals surface area contributed by atoms with Gasteiger partial charge in [0.15, 0.2) is 6.23 Å². The van der Waals surface area contributed by atoms with Crippen molar-refractivity contribution in [2.75, 3.05) is 5.32 Å². The van der Waals surface area contributed by atoms with E-state index in [1.807, 2.05) is 48.7 Å². The molecule has 158 valence electrons. The highest BCUT2D eigenvalue weighted by Gasteiger charge is 2.42. The van der Waals surface area contributed by atoms with Crippen molar-refractivity contribution in [3.63, 3.8) is 0 Å². The molecule has 0 unspecified atom stereocenters. The van der Waals surface area contributed by atoms with Crippen molar-refractivity contribution in [2.24, 2.45) is 0 Å². The normalized spacial score (nSPS) is 23.4. The zero-order valence-corrected chi connectivity index (χ0v) is 17.4. The Morgan fingerprint density at radius 2 is 1.74 bits per heavy atom. The van der Waals surface area contributed by atoms with E-state index in [0.29, 0.717) is 16.5 Å². The molecule has 3 heterocycles. The molecule has 0 bridgehead atoms. The summed E-state index contributed by atoms with van der Waals surface area (Å²) in [5.74, 6) is 0.617. The molecule has 5 rings (SSSR count). The predicted octanol–water partition coefficient (Wildman–Crippen LogP) is 4.13. The van der Waals surface area contributed by atoms with Crippen LogP contribution in [0.3, 0.4) is 0 Å². The topological polar surface area (TPSA) is 92.4 Å². The third kappa shape index (κ3) is 3.55. The van der Waals surface area contributed by atoms with E-state index in [4.69, 9.17) is 16.3 Å². The van der Waals surface area contributed by atoms with E-state index in [-0.39, 0.29) is 0 Å². The number of nitrogens with one attached hydrogen (secondary N) is 1. The highest BCUT2D eigenvalue weighted by atomic mass is 35.5. The third-order valence-corrected chi connectivity index (χ3v) is 5.80. The molecule has 31 heavy (non-hydrogen) atoms. The number of rotatable bonds is 4. The first-order chi connectivity index (χ1) is 15.0. The van der Waals surface area contributed by atoms with Gasteiger partial charge in [-0.3, -0.25) is 0 Å². The fourth-order valence-corrected chi connectivity index (χ4v) is 4.06. The molecule has 1 fully saturated rings. The second kappa shape index (κ2) is 7.94. The van der Waals surface area contributed by atoms with E-state index < -0.39 is 24.5 Å². The van der Waals surface area contributed by atoms with Crippen LogP contribution in [0.1, 0.15) is 13.2 Å². The fourth-order valence-electron chi connectivity index (χ4n) is 3.94. The maximum atomic E-state index is 10.6. The number of halogens is 1. The molecule has 2 aromatic heterocycles. The average molecular weight is 437 g/mol. The van der Waals surface area contributed by atoms with E-state index in [1.165, 1.54) is 6.33 Å². The zero-order chi connectivity index (χ0) is 21.5. The van der Waals surface area contributed by atoms with Gasteiger partial charge in [0.25, 0.3) is 0 Å². The summed E-state index contributed by atoms with van der Waals surface area (Å²) in [5, 5.41) is 25.6. The van der Waals surface area contributed by atoms with Crippen LogP contribution < -0.4 is 5.32 Å². The van der Waals surface area contributed by atoms with Crippen molar-refractivity contribution < 1.29 is 14.9 Å². The van der Waals surface area contributed by atoms with Crippen molar-refractivity contribution in [2.45, 2.75) is 31.5 Å². The molecule has 8 heteroatoms. The van der Waals surface area contributed by atoms with Gasteiger partial charge in [-0.1, -0.05) is 41.9 Å². The largest absolute Gasteiger partial charge is 0.388 e. The van der Waals surface area contributed by atoms with E-state index in [9.17, 15) is 10.2 Å². The number of aliphatic hydroxyl groups excluding tert-OH is 2. The van der Waals surface area contributed by atoms with Crippen molar-refractivity contribution in [1.82, 2.24) is 14.5 Å². The minimum atomic E-state index is -1.07. The summed E-state index contributed by atoms with van der Waals surface area (Å²) in [6.45, 7) is 1.74. The molecular formula is C23H21ClN4O3. The molecule has 0 amide bonds. The van der Waals surface area contributed by atoms with Gasteiger partial charge in [-0.15, -0.1) is 0 Å². The lowest BCUT2D eigenvalue weighted by Crippen LogP contribution is -2.30. The Bertz CT molecular complexity index is 1210. The van der Waals surface area contributed by atoms with E-state index in [1.54, 1.807) is 23.6 Å². The van der Waals surface area contributed by atoms with Crippen LogP contribution in [0.2, 0.25) is 5.02 Å². The second-order valence-corrected chi connectivity index (χ2v) is 8.02. The SMILES string of the molecule is C[C@H]1O[C@@H](n2cc(-c3ccccc3)c3c(Nc4ccc(Cl)cc4)ncnc32)[C@H](O)[C@@H]1O. The lowest BCUT2D eigenvalue weighted by molar-refractivity contribution is -0.0295. The Kier molecular flexibility index (Phi) is 5.11. The molecule has 0 radical (unpaired) electrons. The highest BCUT2D eigenvalue weighted by molar-refractivity contribution is 6.30. The molecule has 0 aliphatic carbocycles. The summed E-state index contributed by atoms with van der Waals surface area (Å²) >= 11 is 6.01. The van der Waals surface area contributed by atoms with Crippen LogP contribution in [0.5, 0.6) is 0 Å². The number of ether oxygens (including phenoxy) is 1. The summed E-state index contributed by atoms with van der Waals surface area (Å²) in [5.41, 5.74) is 3.28. The van der Waals surface area contributed by atoms with Gasteiger partial charge in [0.2, 0.25) is 0 Å². The number of fused-ring (bicyclic) bond motifs is 1. The summed E-state index contributed by atoms with van der Waals surface area (Å²) in [6.07, 6.45) is 0.0512. The van der Waals surface area contributed by atoms with Gasteiger partial charge in [-0.05, 0) is 36.8 Å². The van der Waals surface area contributed by atoms with Gasteiger partial charge in [-0.25, -0.2) is 9.97 Å². The molecule has 3 N–H and O–H groups in total. The first-order valence-corrected chi connectivity index (χ1v) is 10.4. The van der Waals surface area contributed by atoms with Gasteiger partial charge in [0.1, 0.15) is 30.0 Å². The molecule has 0 spiro atoms. The standard InChI is InChI=1S/C23H21ClN4O3/c1-13-19(29)20(30)23(31-13)28-11-17(14-5-3-2-4-6-14)18-21(25-12-26-22(18)28)27-16-9-7-15(24)8-10-16/h2-13,19-20,23,29-30H,1H3,(H,25,26,27)/t13-,19-,20-,23-/m1/s1. The number of nitrogens with zero attached hydrogens (tertiary/aromatic N) is 3. The van der Waals surface area contributed by atoms with Gasteiger partial charge < -0.3 is 24.8 Å². The summed E-state index contributed by atoms with van der Waals surface area (Å²) in [6, 6.07) is 17.2. The van der Waals surface area contributed by atoms with Crippen molar-refractivity contribution >= 4 is 34.1 Å². The van der Waals surface area contributed by atoms with Crippen LogP contribution >= 0.6 is 11.6 Å². The Hall–Kier alpha value is -2.97. The first kappa shape index (κ1) is 20.0. The maximum Gasteiger partial charge on any atom is 0.164 e. The molecule has 4 aromatic rings.